The zero-order valence-electron chi connectivity index (χ0n) is 14.1. The van der Waals surface area contributed by atoms with E-state index >= 15 is 0 Å². The number of hydrogen-bond acceptors (Lipinski definition) is 2. The van der Waals surface area contributed by atoms with Crippen LogP contribution in [0.2, 0.25) is 0 Å². The second-order valence-corrected chi connectivity index (χ2v) is 5.93. The Kier molecular flexibility index (Phi) is 4.35. The molecule has 0 bridgehead atoms. The number of hydrogen-bond donors (Lipinski definition) is 1. The van der Waals surface area contributed by atoms with Crippen LogP contribution in [-0.4, -0.2) is 5.91 Å². The zero-order chi connectivity index (χ0) is 17.8. The molecule has 4 aromatic carbocycles. The van der Waals surface area contributed by atoms with E-state index in [0.717, 1.165) is 16.5 Å². The van der Waals surface area contributed by atoms with E-state index in [1.807, 2.05) is 97.1 Å². The molecule has 0 aromatic heterocycles. The Hall–Kier alpha value is -3.59. The van der Waals surface area contributed by atoms with Crippen LogP contribution in [0.3, 0.4) is 0 Å². The van der Waals surface area contributed by atoms with Crippen molar-refractivity contribution in [3.63, 3.8) is 0 Å². The highest BCUT2D eigenvalue weighted by Gasteiger charge is 2.11. The van der Waals surface area contributed by atoms with Crippen molar-refractivity contribution in [2.45, 2.75) is 0 Å². The molecule has 1 amide bonds. The van der Waals surface area contributed by atoms with Crippen molar-refractivity contribution in [2.24, 2.45) is 0 Å². The molecule has 0 heterocycles. The van der Waals surface area contributed by atoms with Crippen LogP contribution in [0.4, 0.5) is 5.69 Å². The van der Waals surface area contributed by atoms with Crippen LogP contribution in [0.15, 0.2) is 97.1 Å². The van der Waals surface area contributed by atoms with Crippen LogP contribution >= 0.6 is 0 Å². The van der Waals surface area contributed by atoms with E-state index < -0.39 is 0 Å². The van der Waals surface area contributed by atoms with Crippen molar-refractivity contribution in [2.75, 3.05) is 5.32 Å². The van der Waals surface area contributed by atoms with E-state index in [0.29, 0.717) is 17.0 Å². The highest BCUT2D eigenvalue weighted by Crippen LogP contribution is 2.29. The molecule has 0 aliphatic heterocycles. The molecule has 1 N–H and O–H groups in total. The monoisotopic (exact) mass is 339 g/mol. The van der Waals surface area contributed by atoms with Crippen LogP contribution in [0.25, 0.3) is 10.8 Å². The molecule has 4 aromatic rings. The molecule has 0 radical (unpaired) electrons. The summed E-state index contributed by atoms with van der Waals surface area (Å²) in [4.78, 5) is 12.7. The van der Waals surface area contributed by atoms with Gasteiger partial charge < -0.3 is 10.1 Å². The fourth-order valence-corrected chi connectivity index (χ4v) is 2.80. The Morgan fingerprint density at radius 1 is 0.692 bits per heavy atom. The third-order valence-electron chi connectivity index (χ3n) is 4.12. The Morgan fingerprint density at radius 2 is 1.38 bits per heavy atom. The molecule has 0 unspecified atom stereocenters. The average Bonchev–Trinajstić information content (AvgIpc) is 2.70. The van der Waals surface area contributed by atoms with Gasteiger partial charge in [0.25, 0.3) is 5.91 Å². The summed E-state index contributed by atoms with van der Waals surface area (Å²) >= 11 is 0. The predicted molar refractivity (Wildman–Crippen MR) is 105 cm³/mol. The molecular formula is C23H17NO2. The van der Waals surface area contributed by atoms with Gasteiger partial charge in [0.2, 0.25) is 0 Å². The van der Waals surface area contributed by atoms with Crippen LogP contribution in [0, 0.1) is 0 Å². The van der Waals surface area contributed by atoms with Crippen molar-refractivity contribution in [1.82, 2.24) is 0 Å². The number of nitrogens with one attached hydrogen (secondary N) is 1. The molecule has 0 spiro atoms. The number of fused-ring (bicyclic) bond motifs is 1. The summed E-state index contributed by atoms with van der Waals surface area (Å²) in [6, 6.07) is 30.6. The van der Waals surface area contributed by atoms with Gasteiger partial charge in [0.1, 0.15) is 5.75 Å². The Balaban J connectivity index is 1.59. The summed E-state index contributed by atoms with van der Waals surface area (Å²) in [5, 5.41) is 5.09. The largest absolute Gasteiger partial charge is 0.455 e. The molecule has 0 aliphatic carbocycles. The minimum absolute atomic E-state index is 0.167. The van der Waals surface area contributed by atoms with Crippen molar-refractivity contribution in [3.05, 3.63) is 103 Å². The number of ether oxygens (including phenoxy) is 1. The number of carbonyl (C=O) groups excluding carboxylic acids is 1. The maximum absolute atomic E-state index is 12.7. The van der Waals surface area contributed by atoms with Gasteiger partial charge in [0.15, 0.2) is 5.75 Å². The lowest BCUT2D eigenvalue weighted by atomic mass is 10.1. The van der Waals surface area contributed by atoms with Crippen LogP contribution in [-0.2, 0) is 0 Å². The summed E-state index contributed by atoms with van der Waals surface area (Å²) in [7, 11) is 0. The van der Waals surface area contributed by atoms with Gasteiger partial charge in [-0.1, -0.05) is 60.7 Å². The summed E-state index contributed by atoms with van der Waals surface area (Å²) in [5.41, 5.74) is 1.24. The molecule has 4 rings (SSSR count). The van der Waals surface area contributed by atoms with Crippen LogP contribution in [0.5, 0.6) is 11.5 Å². The lowest BCUT2D eigenvalue weighted by Crippen LogP contribution is -2.12. The van der Waals surface area contributed by atoms with Gasteiger partial charge in [-0.25, -0.2) is 0 Å². The Morgan fingerprint density at radius 3 is 2.23 bits per heavy atom. The second kappa shape index (κ2) is 7.11. The number of carbonyl (C=O) groups is 1. The Bertz CT molecular complexity index is 1060. The van der Waals surface area contributed by atoms with Gasteiger partial charge in [-0.05, 0) is 47.2 Å². The van der Waals surface area contributed by atoms with Crippen LogP contribution < -0.4 is 10.1 Å². The molecular weight excluding hydrogens is 322 g/mol. The summed E-state index contributed by atoms with van der Waals surface area (Å²) in [6.45, 7) is 0. The molecule has 3 nitrogen and oxygen atoms in total. The number of benzene rings is 4. The van der Waals surface area contributed by atoms with Gasteiger partial charge in [-0.15, -0.1) is 0 Å². The average molecular weight is 339 g/mol. The molecule has 126 valence electrons. The number of rotatable bonds is 4. The van der Waals surface area contributed by atoms with E-state index in [1.54, 1.807) is 0 Å². The van der Waals surface area contributed by atoms with E-state index in [4.69, 9.17) is 4.74 Å². The van der Waals surface area contributed by atoms with Crippen LogP contribution in [0.1, 0.15) is 10.4 Å². The SMILES string of the molecule is O=C(Nc1ccccc1Oc1ccccc1)c1ccc2ccccc2c1. The maximum atomic E-state index is 12.7. The van der Waals surface area contributed by atoms with Gasteiger partial charge in [-0.3, -0.25) is 4.79 Å². The highest BCUT2D eigenvalue weighted by molar-refractivity contribution is 6.07. The molecule has 0 saturated heterocycles. The summed E-state index contributed by atoms with van der Waals surface area (Å²) in [6.07, 6.45) is 0. The topological polar surface area (TPSA) is 38.3 Å². The minimum atomic E-state index is -0.167. The first-order chi connectivity index (χ1) is 12.8. The Labute approximate surface area is 151 Å². The third-order valence-corrected chi connectivity index (χ3v) is 4.12. The highest BCUT2D eigenvalue weighted by atomic mass is 16.5. The quantitative estimate of drug-likeness (QED) is 0.504. The fraction of sp³-hybridized carbons (Fsp3) is 0. The van der Waals surface area contributed by atoms with Crippen molar-refractivity contribution < 1.29 is 9.53 Å². The number of anilines is 1. The summed E-state index contributed by atoms with van der Waals surface area (Å²) < 4.78 is 5.90. The zero-order valence-corrected chi connectivity index (χ0v) is 14.1. The fourth-order valence-electron chi connectivity index (χ4n) is 2.80. The predicted octanol–water partition coefficient (Wildman–Crippen LogP) is 5.88. The lowest BCUT2D eigenvalue weighted by molar-refractivity contribution is 0.102. The first kappa shape index (κ1) is 15.9. The molecule has 0 fully saturated rings. The van der Waals surface area contributed by atoms with E-state index in [2.05, 4.69) is 5.32 Å². The van der Waals surface area contributed by atoms with Gasteiger partial charge in [0, 0.05) is 5.56 Å². The van der Waals surface area contributed by atoms with Gasteiger partial charge >= 0.3 is 0 Å². The van der Waals surface area contributed by atoms with Crippen molar-refractivity contribution >= 4 is 22.4 Å². The molecule has 0 aliphatic rings. The van der Waals surface area contributed by atoms with Gasteiger partial charge in [-0.2, -0.15) is 0 Å². The second-order valence-electron chi connectivity index (χ2n) is 5.93. The van der Waals surface area contributed by atoms with Crippen molar-refractivity contribution in [3.8, 4) is 11.5 Å². The third kappa shape index (κ3) is 3.42. The van der Waals surface area contributed by atoms with E-state index in [1.165, 1.54) is 0 Å². The standard InChI is InChI=1S/C23H17NO2/c25-23(19-15-14-17-8-4-5-9-18(17)16-19)24-21-12-6-7-13-22(21)26-20-10-2-1-3-11-20/h1-16H,(H,24,25). The first-order valence-electron chi connectivity index (χ1n) is 8.42. The molecule has 3 heteroatoms. The van der Waals surface area contributed by atoms with E-state index in [9.17, 15) is 4.79 Å². The van der Waals surface area contributed by atoms with E-state index in [-0.39, 0.29) is 5.91 Å². The smallest absolute Gasteiger partial charge is 0.255 e. The minimum Gasteiger partial charge on any atom is -0.455 e. The lowest BCUT2D eigenvalue weighted by Gasteiger charge is -2.12. The first-order valence-corrected chi connectivity index (χ1v) is 8.42. The molecule has 0 atom stereocenters. The number of amides is 1. The van der Waals surface area contributed by atoms with Crippen molar-refractivity contribution in [1.29, 1.82) is 0 Å². The number of para-hydroxylation sites is 3. The summed E-state index contributed by atoms with van der Waals surface area (Å²) in [5.74, 6) is 1.16. The van der Waals surface area contributed by atoms with Gasteiger partial charge in [0.05, 0.1) is 5.69 Å². The normalized spacial score (nSPS) is 10.5. The molecule has 26 heavy (non-hydrogen) atoms. The maximum Gasteiger partial charge on any atom is 0.255 e. The molecule has 0 saturated carbocycles.